The Bertz CT molecular complexity index is 402. The van der Waals surface area contributed by atoms with Crippen LogP contribution in [0, 0.1) is 6.92 Å². The molecule has 1 rings (SSSR count). The average molecular weight is 209 g/mol. The Hall–Kier alpha value is -0.0700. The van der Waals surface area contributed by atoms with Gasteiger partial charge in [0.1, 0.15) is 10.1 Å². The van der Waals surface area contributed by atoms with Crippen molar-refractivity contribution < 1.29 is 42.5 Å². The van der Waals surface area contributed by atoms with Gasteiger partial charge >= 0.3 is 29.6 Å². The van der Waals surface area contributed by atoms with Crippen molar-refractivity contribution in [3.8, 4) is 0 Å². The smallest absolute Gasteiger partial charge is 0.744 e. The molecule has 0 aliphatic heterocycles. The summed E-state index contributed by atoms with van der Waals surface area (Å²) >= 11 is 0. The molecular formula is C7H8NNaO3S. The minimum absolute atomic E-state index is 0. The molecule has 2 N–H and O–H groups in total. The van der Waals surface area contributed by atoms with Crippen molar-refractivity contribution in [1.82, 2.24) is 0 Å². The maximum absolute atomic E-state index is 10.5. The van der Waals surface area contributed by atoms with E-state index < -0.39 is 10.1 Å². The number of benzene rings is 1. The first-order chi connectivity index (χ1) is 5.41. The van der Waals surface area contributed by atoms with E-state index in [0.717, 1.165) is 11.6 Å². The number of hydrogen-bond acceptors (Lipinski definition) is 4. The van der Waals surface area contributed by atoms with Gasteiger partial charge < -0.3 is 10.3 Å². The SMILES string of the molecule is Cc1ccc(S(=O)(=O)[O-])cc1N.[Na+]. The van der Waals surface area contributed by atoms with Crippen LogP contribution in [-0.2, 0) is 10.1 Å². The van der Waals surface area contributed by atoms with E-state index in [2.05, 4.69) is 0 Å². The zero-order valence-electron chi connectivity index (χ0n) is 7.44. The second kappa shape index (κ2) is 4.43. The number of rotatable bonds is 1. The predicted octanol–water partition coefficient (Wildman–Crippen LogP) is -2.51. The third kappa shape index (κ3) is 3.28. The van der Waals surface area contributed by atoms with E-state index in [4.69, 9.17) is 5.73 Å². The van der Waals surface area contributed by atoms with Crippen LogP contribution in [0.25, 0.3) is 0 Å². The maximum atomic E-state index is 10.5. The summed E-state index contributed by atoms with van der Waals surface area (Å²) in [5.74, 6) is 0. The first kappa shape index (κ1) is 12.9. The van der Waals surface area contributed by atoms with Crippen LogP contribution in [0.3, 0.4) is 0 Å². The quantitative estimate of drug-likeness (QED) is 0.314. The Morgan fingerprint density at radius 2 is 1.92 bits per heavy atom. The number of hydrogen-bond donors (Lipinski definition) is 1. The molecule has 0 amide bonds. The van der Waals surface area contributed by atoms with E-state index in [1.54, 1.807) is 6.92 Å². The molecule has 0 aliphatic carbocycles. The third-order valence-corrected chi connectivity index (χ3v) is 2.37. The Labute approximate surface area is 99.2 Å². The molecule has 0 radical (unpaired) electrons. The summed E-state index contributed by atoms with van der Waals surface area (Å²) in [6, 6.07) is 3.91. The van der Waals surface area contributed by atoms with Crippen molar-refractivity contribution >= 4 is 15.8 Å². The van der Waals surface area contributed by atoms with E-state index in [-0.39, 0.29) is 34.5 Å². The molecule has 4 nitrogen and oxygen atoms in total. The van der Waals surface area contributed by atoms with Crippen molar-refractivity contribution in [2.45, 2.75) is 11.8 Å². The molecule has 0 bridgehead atoms. The fourth-order valence-electron chi connectivity index (χ4n) is 0.774. The number of nitrogens with two attached hydrogens (primary N) is 1. The molecule has 0 fully saturated rings. The van der Waals surface area contributed by atoms with Crippen LogP contribution in [0.1, 0.15) is 5.56 Å². The van der Waals surface area contributed by atoms with Crippen molar-refractivity contribution in [2.24, 2.45) is 0 Å². The molecule has 0 spiro atoms. The minimum atomic E-state index is -4.37. The molecule has 0 saturated carbocycles. The van der Waals surface area contributed by atoms with Gasteiger partial charge in [0.05, 0.1) is 4.90 Å². The molecule has 0 heterocycles. The monoisotopic (exact) mass is 209 g/mol. The van der Waals surface area contributed by atoms with Gasteiger partial charge in [-0.2, -0.15) is 0 Å². The minimum Gasteiger partial charge on any atom is -0.744 e. The summed E-state index contributed by atoms with van der Waals surface area (Å²) in [7, 11) is -4.37. The van der Waals surface area contributed by atoms with Crippen molar-refractivity contribution in [3.63, 3.8) is 0 Å². The second-order valence-electron chi connectivity index (χ2n) is 2.47. The standard InChI is InChI=1S/C7H9NO3S.Na/c1-5-2-3-6(4-7(5)8)12(9,10)11;/h2-4H,8H2,1H3,(H,9,10,11);/q;+1/p-1. The first-order valence-corrected chi connectivity index (χ1v) is 4.64. The molecule has 66 valence electrons. The van der Waals surface area contributed by atoms with Gasteiger partial charge in [-0.1, -0.05) is 6.07 Å². The first-order valence-electron chi connectivity index (χ1n) is 3.23. The average Bonchev–Trinajstić information content (AvgIpc) is 1.92. The zero-order chi connectivity index (χ0) is 9.35. The summed E-state index contributed by atoms with van der Waals surface area (Å²) in [5, 5.41) is 0. The molecule has 1 aromatic carbocycles. The van der Waals surface area contributed by atoms with E-state index in [0.29, 0.717) is 5.69 Å². The van der Waals surface area contributed by atoms with Crippen LogP contribution in [0.15, 0.2) is 23.1 Å². The normalized spacial score (nSPS) is 10.6. The zero-order valence-corrected chi connectivity index (χ0v) is 10.3. The molecule has 0 aliphatic rings. The van der Waals surface area contributed by atoms with Gasteiger partial charge in [-0.25, -0.2) is 8.42 Å². The number of nitrogen functional groups attached to an aromatic ring is 1. The van der Waals surface area contributed by atoms with Gasteiger partial charge in [0, 0.05) is 5.69 Å². The van der Waals surface area contributed by atoms with Crippen molar-refractivity contribution in [2.75, 3.05) is 5.73 Å². The van der Waals surface area contributed by atoms with Gasteiger partial charge in [0.15, 0.2) is 0 Å². The van der Waals surface area contributed by atoms with Crippen LogP contribution in [0.4, 0.5) is 5.69 Å². The van der Waals surface area contributed by atoms with Crippen molar-refractivity contribution in [3.05, 3.63) is 23.8 Å². The Morgan fingerprint density at radius 1 is 1.38 bits per heavy atom. The third-order valence-electron chi connectivity index (χ3n) is 1.54. The van der Waals surface area contributed by atoms with E-state index in [1.807, 2.05) is 0 Å². The topological polar surface area (TPSA) is 83.2 Å². The Kier molecular flexibility index (Phi) is 4.41. The molecule has 0 atom stereocenters. The summed E-state index contributed by atoms with van der Waals surface area (Å²) in [6.45, 7) is 1.73. The van der Waals surface area contributed by atoms with E-state index >= 15 is 0 Å². The Balaban J connectivity index is 0.00000144. The predicted molar refractivity (Wildman–Crippen MR) is 43.6 cm³/mol. The van der Waals surface area contributed by atoms with Crippen LogP contribution in [0.2, 0.25) is 0 Å². The van der Waals surface area contributed by atoms with Gasteiger partial charge in [0.2, 0.25) is 0 Å². The molecule has 0 saturated heterocycles. The van der Waals surface area contributed by atoms with Crippen LogP contribution >= 0.6 is 0 Å². The van der Waals surface area contributed by atoms with E-state index in [1.165, 1.54) is 12.1 Å². The van der Waals surface area contributed by atoms with Gasteiger partial charge in [0.25, 0.3) is 0 Å². The summed E-state index contributed by atoms with van der Waals surface area (Å²) < 4.78 is 31.5. The van der Waals surface area contributed by atoms with Gasteiger partial charge in [-0.05, 0) is 24.6 Å². The number of anilines is 1. The molecular weight excluding hydrogens is 201 g/mol. The summed E-state index contributed by atoms with van der Waals surface area (Å²) in [4.78, 5) is -0.286. The summed E-state index contributed by atoms with van der Waals surface area (Å²) in [6.07, 6.45) is 0. The summed E-state index contributed by atoms with van der Waals surface area (Å²) in [5.41, 5.74) is 6.48. The molecule has 6 heteroatoms. The fraction of sp³-hybridized carbons (Fsp3) is 0.143. The Morgan fingerprint density at radius 3 is 2.31 bits per heavy atom. The molecule has 0 unspecified atom stereocenters. The molecule has 1 aromatic rings. The van der Waals surface area contributed by atoms with Gasteiger partial charge in [-0.3, -0.25) is 0 Å². The maximum Gasteiger partial charge on any atom is 1.00 e. The molecule has 13 heavy (non-hydrogen) atoms. The van der Waals surface area contributed by atoms with Gasteiger partial charge in [-0.15, -0.1) is 0 Å². The second-order valence-corrected chi connectivity index (χ2v) is 3.85. The van der Waals surface area contributed by atoms with Crippen LogP contribution in [-0.4, -0.2) is 13.0 Å². The van der Waals surface area contributed by atoms with Crippen molar-refractivity contribution in [1.29, 1.82) is 0 Å². The van der Waals surface area contributed by atoms with E-state index in [9.17, 15) is 13.0 Å². The van der Waals surface area contributed by atoms with Crippen LogP contribution in [0.5, 0.6) is 0 Å². The largest absolute Gasteiger partial charge is 1.00 e. The number of aryl methyl sites for hydroxylation is 1. The van der Waals surface area contributed by atoms with Crippen LogP contribution < -0.4 is 35.3 Å². The molecule has 0 aromatic heterocycles. The fourth-order valence-corrected chi connectivity index (χ4v) is 1.28.